The zero-order chi connectivity index (χ0) is 23.5. The molecular weight excluding hydrogens is 436 g/mol. The largest absolute Gasteiger partial charge is 0.495 e. The van der Waals surface area contributed by atoms with Crippen LogP contribution in [0.5, 0.6) is 17.2 Å². The van der Waals surface area contributed by atoms with Gasteiger partial charge in [0.1, 0.15) is 19.0 Å². The summed E-state index contributed by atoms with van der Waals surface area (Å²) in [7, 11) is 1.58. The average Bonchev–Trinajstić information content (AvgIpc) is 2.87. The SMILES string of the molecule is COc1cnc2ccc(=O)n(CCC3(O)CCC(NCc4cc5c(cn4)OCCO5)CC3)c2c1. The molecule has 9 nitrogen and oxygen atoms in total. The van der Waals surface area contributed by atoms with E-state index in [0.29, 0.717) is 63.1 Å². The number of pyridine rings is 3. The highest BCUT2D eigenvalue weighted by molar-refractivity contribution is 5.75. The number of nitrogens with one attached hydrogen (secondary N) is 1. The second-order valence-electron chi connectivity index (χ2n) is 9.05. The van der Waals surface area contributed by atoms with Gasteiger partial charge in [0.05, 0.1) is 41.8 Å². The van der Waals surface area contributed by atoms with Crippen molar-refractivity contribution in [3.63, 3.8) is 0 Å². The molecule has 180 valence electrons. The molecule has 3 aromatic rings. The Hall–Kier alpha value is -3.17. The smallest absolute Gasteiger partial charge is 0.251 e. The molecule has 34 heavy (non-hydrogen) atoms. The molecule has 0 unspecified atom stereocenters. The molecule has 4 heterocycles. The number of aromatic nitrogens is 3. The Morgan fingerprint density at radius 1 is 1.15 bits per heavy atom. The van der Waals surface area contributed by atoms with Gasteiger partial charge in [-0.3, -0.25) is 14.8 Å². The highest BCUT2D eigenvalue weighted by Gasteiger charge is 2.33. The van der Waals surface area contributed by atoms with E-state index in [-0.39, 0.29) is 5.56 Å². The molecule has 0 spiro atoms. The molecule has 2 N–H and O–H groups in total. The summed E-state index contributed by atoms with van der Waals surface area (Å²) in [6.45, 7) is 2.18. The van der Waals surface area contributed by atoms with Gasteiger partial charge in [-0.25, -0.2) is 0 Å². The average molecular weight is 467 g/mol. The van der Waals surface area contributed by atoms with Crippen molar-refractivity contribution in [2.45, 2.75) is 56.8 Å². The Labute approximate surface area is 197 Å². The summed E-state index contributed by atoms with van der Waals surface area (Å²) in [5.41, 5.74) is 1.46. The second-order valence-corrected chi connectivity index (χ2v) is 9.05. The lowest BCUT2D eigenvalue weighted by molar-refractivity contribution is -0.0144. The number of hydrogen-bond acceptors (Lipinski definition) is 8. The fourth-order valence-electron chi connectivity index (χ4n) is 4.76. The van der Waals surface area contributed by atoms with Gasteiger partial charge in [-0.15, -0.1) is 0 Å². The standard InChI is InChI=1S/C25H30N4O5/c1-32-19-13-21-20(28-15-19)2-3-24(30)29(21)9-8-25(31)6-4-17(5-7-25)26-14-18-12-22-23(16-27-18)34-11-10-33-22/h2-3,12-13,15-17,26,31H,4-11,14H2,1H3. The van der Waals surface area contributed by atoms with E-state index in [1.54, 1.807) is 30.1 Å². The van der Waals surface area contributed by atoms with Crippen molar-refractivity contribution in [3.8, 4) is 17.2 Å². The summed E-state index contributed by atoms with van der Waals surface area (Å²) in [5, 5.41) is 14.8. The van der Waals surface area contributed by atoms with E-state index < -0.39 is 5.60 Å². The van der Waals surface area contributed by atoms with E-state index in [2.05, 4.69) is 15.3 Å². The van der Waals surface area contributed by atoms with Gasteiger partial charge in [0.15, 0.2) is 11.5 Å². The molecule has 0 radical (unpaired) electrons. The Balaban J connectivity index is 1.17. The zero-order valence-electron chi connectivity index (χ0n) is 19.3. The van der Waals surface area contributed by atoms with Gasteiger partial charge in [-0.2, -0.15) is 0 Å². The minimum Gasteiger partial charge on any atom is -0.495 e. The minimum absolute atomic E-state index is 0.103. The van der Waals surface area contributed by atoms with Crippen molar-refractivity contribution in [2.24, 2.45) is 0 Å². The number of aliphatic hydroxyl groups is 1. The van der Waals surface area contributed by atoms with Crippen molar-refractivity contribution in [2.75, 3.05) is 20.3 Å². The number of rotatable bonds is 7. The molecule has 0 atom stereocenters. The summed E-state index contributed by atoms with van der Waals surface area (Å²) in [5.74, 6) is 2.04. The predicted octanol–water partition coefficient (Wildman–Crippen LogP) is 2.42. The summed E-state index contributed by atoms with van der Waals surface area (Å²) in [4.78, 5) is 21.4. The van der Waals surface area contributed by atoms with Crippen molar-refractivity contribution in [1.82, 2.24) is 19.9 Å². The zero-order valence-corrected chi connectivity index (χ0v) is 19.3. The van der Waals surface area contributed by atoms with Crippen LogP contribution in [0.3, 0.4) is 0 Å². The van der Waals surface area contributed by atoms with Gasteiger partial charge in [-0.1, -0.05) is 0 Å². The first-order valence-corrected chi connectivity index (χ1v) is 11.8. The summed E-state index contributed by atoms with van der Waals surface area (Å²) in [6.07, 6.45) is 6.95. The second kappa shape index (κ2) is 9.60. The van der Waals surface area contributed by atoms with Crippen molar-refractivity contribution < 1.29 is 19.3 Å². The van der Waals surface area contributed by atoms with Crippen LogP contribution in [0.15, 0.2) is 41.5 Å². The number of ether oxygens (including phenoxy) is 3. The van der Waals surface area contributed by atoms with Crippen LogP contribution in [0.1, 0.15) is 37.8 Å². The van der Waals surface area contributed by atoms with Crippen LogP contribution >= 0.6 is 0 Å². The molecule has 5 rings (SSSR count). The van der Waals surface area contributed by atoms with E-state index in [1.165, 1.54) is 6.07 Å². The van der Waals surface area contributed by atoms with Crippen LogP contribution in [-0.2, 0) is 13.1 Å². The Bertz CT molecular complexity index is 1220. The first kappa shape index (κ1) is 22.6. The highest BCUT2D eigenvalue weighted by atomic mass is 16.6. The van der Waals surface area contributed by atoms with E-state index in [1.807, 2.05) is 12.1 Å². The third kappa shape index (κ3) is 4.85. The minimum atomic E-state index is -0.790. The fraction of sp³-hybridized carbons (Fsp3) is 0.480. The number of aryl methyl sites for hydroxylation is 1. The third-order valence-electron chi connectivity index (χ3n) is 6.82. The van der Waals surface area contributed by atoms with Crippen molar-refractivity contribution >= 4 is 11.0 Å². The van der Waals surface area contributed by atoms with Crippen LogP contribution in [-0.4, -0.2) is 51.6 Å². The Kier molecular flexibility index (Phi) is 6.38. The summed E-state index contributed by atoms with van der Waals surface area (Å²) >= 11 is 0. The molecule has 1 aliphatic heterocycles. The van der Waals surface area contributed by atoms with E-state index >= 15 is 0 Å². The van der Waals surface area contributed by atoms with Crippen molar-refractivity contribution in [3.05, 3.63) is 52.7 Å². The number of nitrogens with zero attached hydrogens (tertiary/aromatic N) is 3. The number of methoxy groups -OCH3 is 1. The lowest BCUT2D eigenvalue weighted by Gasteiger charge is -2.36. The predicted molar refractivity (Wildman–Crippen MR) is 126 cm³/mol. The Morgan fingerprint density at radius 3 is 2.74 bits per heavy atom. The first-order chi connectivity index (χ1) is 16.5. The van der Waals surface area contributed by atoms with Gasteiger partial charge in [-0.05, 0) is 38.2 Å². The lowest BCUT2D eigenvalue weighted by Crippen LogP contribution is -2.42. The maximum atomic E-state index is 12.6. The maximum absolute atomic E-state index is 12.6. The summed E-state index contributed by atoms with van der Waals surface area (Å²) in [6, 6.07) is 7.30. The normalized spacial score (nSPS) is 22.0. The van der Waals surface area contributed by atoms with E-state index in [4.69, 9.17) is 14.2 Å². The van der Waals surface area contributed by atoms with Crippen molar-refractivity contribution in [1.29, 1.82) is 0 Å². The monoisotopic (exact) mass is 466 g/mol. The maximum Gasteiger partial charge on any atom is 0.251 e. The van der Waals surface area contributed by atoms with Gasteiger partial charge < -0.3 is 29.2 Å². The third-order valence-corrected chi connectivity index (χ3v) is 6.82. The number of fused-ring (bicyclic) bond motifs is 2. The van der Waals surface area contributed by atoms with Gasteiger partial charge in [0.25, 0.3) is 5.56 Å². The van der Waals surface area contributed by atoms with Gasteiger partial charge >= 0.3 is 0 Å². The quantitative estimate of drug-likeness (QED) is 0.547. The van der Waals surface area contributed by atoms with Crippen LogP contribution in [0, 0.1) is 0 Å². The molecule has 0 amide bonds. The molecule has 0 saturated heterocycles. The Morgan fingerprint density at radius 2 is 1.94 bits per heavy atom. The molecule has 1 fully saturated rings. The molecule has 3 aromatic heterocycles. The van der Waals surface area contributed by atoms with Gasteiger partial charge in [0.2, 0.25) is 0 Å². The molecule has 1 saturated carbocycles. The van der Waals surface area contributed by atoms with E-state index in [9.17, 15) is 9.90 Å². The topological polar surface area (TPSA) is 108 Å². The lowest BCUT2D eigenvalue weighted by atomic mass is 9.80. The van der Waals surface area contributed by atoms with E-state index in [0.717, 1.165) is 35.3 Å². The highest BCUT2D eigenvalue weighted by Crippen LogP contribution is 2.33. The molecular formula is C25H30N4O5. The molecule has 1 aliphatic carbocycles. The van der Waals surface area contributed by atoms with Crippen LogP contribution in [0.25, 0.3) is 11.0 Å². The first-order valence-electron chi connectivity index (χ1n) is 11.8. The van der Waals surface area contributed by atoms with Gasteiger partial charge in [0, 0.05) is 37.3 Å². The molecule has 0 aromatic carbocycles. The molecule has 9 heteroatoms. The molecule has 2 aliphatic rings. The van der Waals surface area contributed by atoms with Crippen LogP contribution in [0.4, 0.5) is 0 Å². The van der Waals surface area contributed by atoms with Crippen LogP contribution in [0.2, 0.25) is 0 Å². The molecule has 0 bridgehead atoms. The summed E-state index contributed by atoms with van der Waals surface area (Å²) < 4.78 is 18.1. The fourth-order valence-corrected chi connectivity index (χ4v) is 4.76. The van der Waals surface area contributed by atoms with Crippen LogP contribution < -0.4 is 25.1 Å². The number of hydrogen-bond donors (Lipinski definition) is 2.